The Balaban J connectivity index is 0.957. The van der Waals surface area contributed by atoms with Gasteiger partial charge in [0.1, 0.15) is 0 Å². The van der Waals surface area contributed by atoms with Crippen molar-refractivity contribution in [1.29, 1.82) is 0 Å². The molecule has 0 atom stereocenters. The lowest BCUT2D eigenvalue weighted by molar-refractivity contribution is 0.662. The van der Waals surface area contributed by atoms with Crippen molar-refractivity contribution in [1.82, 2.24) is 0 Å². The fraction of sp³-hybridized carbons (Fsp3) is 0.0476. The number of hydrogen-bond donors (Lipinski definition) is 0. The molecule has 10 aromatic carbocycles. The van der Waals surface area contributed by atoms with Gasteiger partial charge in [0.05, 0.1) is 0 Å². The molecule has 0 aliphatic heterocycles. The first-order chi connectivity index (χ1) is 32.5. The average molecular weight is 878 g/mol. The van der Waals surface area contributed by atoms with E-state index in [9.17, 15) is 0 Å². The third kappa shape index (κ3) is 6.19. The zero-order chi connectivity index (χ0) is 43.9. The van der Waals surface area contributed by atoms with Crippen LogP contribution in [0.3, 0.4) is 0 Å². The number of anilines is 3. The van der Waals surface area contributed by atoms with Gasteiger partial charge in [0.15, 0.2) is 0 Å². The molecule has 0 spiro atoms. The highest BCUT2D eigenvalue weighted by Gasteiger charge is 2.39. The number of fused-ring (bicyclic) bond motifs is 9. The van der Waals surface area contributed by atoms with E-state index in [1.165, 1.54) is 107 Å². The summed E-state index contributed by atoms with van der Waals surface area (Å²) in [4.78, 5) is 2.44. The quantitative estimate of drug-likeness (QED) is 0.154. The van der Waals surface area contributed by atoms with E-state index in [0.717, 1.165) is 17.1 Å². The Morgan fingerprint density at radius 2 is 0.773 bits per heavy atom. The van der Waals surface area contributed by atoms with Gasteiger partial charge < -0.3 is 4.90 Å². The summed E-state index contributed by atoms with van der Waals surface area (Å²) in [6.45, 7) is 4.82. The Morgan fingerprint density at radius 3 is 1.33 bits per heavy atom. The van der Waals surface area contributed by atoms with E-state index >= 15 is 0 Å². The molecule has 1 aliphatic rings. The van der Waals surface area contributed by atoms with E-state index in [1.54, 1.807) is 0 Å². The van der Waals surface area contributed by atoms with Gasteiger partial charge in [0, 0.05) is 62.8 Å². The van der Waals surface area contributed by atoms with E-state index in [1.807, 2.05) is 22.7 Å². The summed E-state index contributed by atoms with van der Waals surface area (Å²) in [5.41, 5.74) is 18.4. The first-order valence-corrected chi connectivity index (χ1v) is 24.4. The predicted octanol–water partition coefficient (Wildman–Crippen LogP) is 18.9. The zero-order valence-electron chi connectivity index (χ0n) is 36.6. The van der Waals surface area contributed by atoms with Crippen LogP contribution in [-0.2, 0) is 5.41 Å². The Hall–Kier alpha value is -7.56. The van der Waals surface area contributed by atoms with Crippen molar-refractivity contribution in [2.24, 2.45) is 0 Å². The van der Waals surface area contributed by atoms with Gasteiger partial charge in [-0.25, -0.2) is 0 Å². The topological polar surface area (TPSA) is 3.24 Å². The first kappa shape index (κ1) is 38.9. The molecule has 0 unspecified atom stereocenters. The Morgan fingerprint density at radius 1 is 0.318 bits per heavy atom. The van der Waals surface area contributed by atoms with Gasteiger partial charge in [0.2, 0.25) is 0 Å². The van der Waals surface area contributed by atoms with E-state index < -0.39 is 0 Å². The summed E-state index contributed by atoms with van der Waals surface area (Å²) in [6, 6.07) is 83.2. The lowest BCUT2D eigenvalue weighted by Crippen LogP contribution is -2.17. The molecule has 0 amide bonds. The summed E-state index contributed by atoms with van der Waals surface area (Å²) >= 11 is 3.77. The number of nitrogens with zero attached hydrogens (tertiary/aromatic N) is 1. The van der Waals surface area contributed by atoms with Crippen LogP contribution in [0, 0.1) is 0 Å². The standard InChI is InChI=1S/C63H43NS2/c1-63(2)57-39-47(35-36-50(57)56-38-44(40-15-5-3-6-16-40)37-55(60(56)63)41-17-7-4-8-18-41)64(45-31-27-42(28-32-45)48-21-13-23-53-51-19-9-11-25-58(51)65-61(48)53)46-33-29-43(30-34-46)49-22-14-24-54-52-20-10-12-26-59(52)66-62(49)54/h3-39H,1-2H3. The van der Waals surface area contributed by atoms with Gasteiger partial charge in [-0.3, -0.25) is 0 Å². The molecule has 13 rings (SSSR count). The summed E-state index contributed by atoms with van der Waals surface area (Å²) < 4.78 is 5.31. The summed E-state index contributed by atoms with van der Waals surface area (Å²) in [6.07, 6.45) is 0. The SMILES string of the molecule is CC1(C)c2cc(N(c3ccc(-c4cccc5c4sc4ccccc45)cc3)c3ccc(-c4cccc5c4sc4ccccc45)cc3)ccc2-c2cc(-c3ccccc3)cc(-c3ccccc3)c21. The van der Waals surface area contributed by atoms with Crippen molar-refractivity contribution in [2.75, 3.05) is 4.90 Å². The minimum absolute atomic E-state index is 0.258. The molecular formula is C63H43NS2. The predicted molar refractivity (Wildman–Crippen MR) is 286 cm³/mol. The maximum atomic E-state index is 2.46. The largest absolute Gasteiger partial charge is 0.310 e. The number of hydrogen-bond acceptors (Lipinski definition) is 3. The van der Waals surface area contributed by atoms with Crippen LogP contribution in [0.2, 0.25) is 0 Å². The minimum atomic E-state index is -0.258. The Kier molecular flexibility index (Phi) is 8.99. The van der Waals surface area contributed by atoms with Crippen LogP contribution < -0.4 is 4.90 Å². The Labute approximate surface area is 393 Å². The second-order valence-electron chi connectivity index (χ2n) is 18.0. The molecule has 0 radical (unpaired) electrons. The van der Waals surface area contributed by atoms with Crippen LogP contribution in [-0.4, -0.2) is 0 Å². The molecule has 312 valence electrons. The van der Waals surface area contributed by atoms with Crippen LogP contribution in [0.4, 0.5) is 17.1 Å². The fourth-order valence-electron chi connectivity index (χ4n) is 10.7. The van der Waals surface area contributed by atoms with Crippen LogP contribution >= 0.6 is 22.7 Å². The number of rotatable bonds is 7. The van der Waals surface area contributed by atoms with Gasteiger partial charge in [-0.1, -0.05) is 178 Å². The minimum Gasteiger partial charge on any atom is -0.310 e. The smallest absolute Gasteiger partial charge is 0.0465 e. The molecule has 12 aromatic rings. The van der Waals surface area contributed by atoms with Crippen molar-refractivity contribution in [3.8, 4) is 55.6 Å². The molecule has 0 bridgehead atoms. The molecule has 66 heavy (non-hydrogen) atoms. The highest BCUT2D eigenvalue weighted by Crippen LogP contribution is 2.55. The van der Waals surface area contributed by atoms with E-state index in [0.29, 0.717) is 0 Å². The van der Waals surface area contributed by atoms with Gasteiger partial charge in [-0.2, -0.15) is 0 Å². The lowest BCUT2D eigenvalue weighted by Gasteiger charge is -2.29. The van der Waals surface area contributed by atoms with Crippen LogP contribution in [0.5, 0.6) is 0 Å². The molecule has 3 heteroatoms. The zero-order valence-corrected chi connectivity index (χ0v) is 38.3. The van der Waals surface area contributed by atoms with Gasteiger partial charge in [-0.05, 0) is 127 Å². The molecule has 2 heterocycles. The summed E-state index contributed by atoms with van der Waals surface area (Å²) in [5.74, 6) is 0. The highest BCUT2D eigenvalue weighted by molar-refractivity contribution is 7.26. The van der Waals surface area contributed by atoms with E-state index in [2.05, 4.69) is 243 Å². The Bertz CT molecular complexity index is 3660. The van der Waals surface area contributed by atoms with Crippen molar-refractivity contribution < 1.29 is 0 Å². The van der Waals surface area contributed by atoms with E-state index in [4.69, 9.17) is 0 Å². The second-order valence-corrected chi connectivity index (χ2v) is 20.1. The molecule has 2 aromatic heterocycles. The third-order valence-electron chi connectivity index (χ3n) is 13.9. The molecule has 0 N–H and O–H groups in total. The first-order valence-electron chi connectivity index (χ1n) is 22.7. The third-order valence-corrected chi connectivity index (χ3v) is 16.3. The summed E-state index contributed by atoms with van der Waals surface area (Å²) in [7, 11) is 0. The molecule has 1 nitrogen and oxygen atoms in total. The lowest BCUT2D eigenvalue weighted by atomic mass is 9.78. The van der Waals surface area contributed by atoms with Gasteiger partial charge in [0.25, 0.3) is 0 Å². The normalized spacial score (nSPS) is 12.8. The van der Waals surface area contributed by atoms with Crippen molar-refractivity contribution in [3.05, 3.63) is 236 Å². The molecule has 1 aliphatic carbocycles. The summed E-state index contributed by atoms with van der Waals surface area (Å²) in [5, 5.41) is 5.28. The van der Waals surface area contributed by atoms with Crippen molar-refractivity contribution in [2.45, 2.75) is 19.3 Å². The van der Waals surface area contributed by atoms with E-state index in [-0.39, 0.29) is 5.41 Å². The molecule has 0 saturated heterocycles. The maximum Gasteiger partial charge on any atom is 0.0465 e. The van der Waals surface area contributed by atoms with Gasteiger partial charge in [-0.15, -0.1) is 22.7 Å². The number of thiophene rings is 2. The fourth-order valence-corrected chi connectivity index (χ4v) is 13.2. The van der Waals surface area contributed by atoms with Crippen molar-refractivity contribution in [3.63, 3.8) is 0 Å². The van der Waals surface area contributed by atoms with Crippen LogP contribution in [0.15, 0.2) is 224 Å². The van der Waals surface area contributed by atoms with Crippen LogP contribution in [0.25, 0.3) is 96.0 Å². The second kappa shape index (κ2) is 15.3. The molecule has 0 saturated carbocycles. The average Bonchev–Trinajstić information content (AvgIpc) is 4.02. The molecule has 0 fully saturated rings. The highest BCUT2D eigenvalue weighted by atomic mass is 32.1. The maximum absolute atomic E-state index is 2.46. The number of benzene rings is 10. The molecular weight excluding hydrogens is 835 g/mol. The van der Waals surface area contributed by atoms with Crippen molar-refractivity contribution >= 4 is 80.1 Å². The monoisotopic (exact) mass is 877 g/mol. The van der Waals surface area contributed by atoms with Crippen LogP contribution in [0.1, 0.15) is 25.0 Å². The van der Waals surface area contributed by atoms with Gasteiger partial charge >= 0.3 is 0 Å².